The molecule has 0 spiro atoms. The van der Waals surface area contributed by atoms with E-state index in [1.807, 2.05) is 36.4 Å². The summed E-state index contributed by atoms with van der Waals surface area (Å²) in [7, 11) is 0. The van der Waals surface area contributed by atoms with Gasteiger partial charge in [-0.2, -0.15) is 10.1 Å². The summed E-state index contributed by atoms with van der Waals surface area (Å²) in [6, 6.07) is 15.3. The molecule has 0 unspecified atom stereocenters. The number of hydrogen-bond acceptors (Lipinski definition) is 7. The average Bonchev–Trinajstić information content (AvgIpc) is 3.28. The van der Waals surface area contributed by atoms with Crippen LogP contribution >= 0.6 is 15.9 Å². The minimum atomic E-state index is -0.535. The topological polar surface area (TPSA) is 96.3 Å². The van der Waals surface area contributed by atoms with Crippen LogP contribution in [0.3, 0.4) is 0 Å². The first-order valence-electron chi connectivity index (χ1n) is 14.9. The zero-order valence-corrected chi connectivity index (χ0v) is 27.3. The molecule has 0 radical (unpaired) electrons. The number of hydrazone groups is 1. The van der Waals surface area contributed by atoms with Crippen molar-refractivity contribution in [2.75, 3.05) is 11.5 Å². The first-order chi connectivity index (χ1) is 20.7. The number of ether oxygens (including phenoxy) is 1. The van der Waals surface area contributed by atoms with Gasteiger partial charge in [0.25, 0.3) is 11.8 Å². The molecule has 0 N–H and O–H groups in total. The molecule has 6 rings (SSSR count). The van der Waals surface area contributed by atoms with Gasteiger partial charge in [0.05, 0.1) is 6.42 Å². The first-order valence-corrected chi connectivity index (χ1v) is 15.7. The van der Waals surface area contributed by atoms with Crippen LogP contribution in [0, 0.1) is 10.8 Å². The second kappa shape index (κ2) is 10.9. The molecule has 0 atom stereocenters. The van der Waals surface area contributed by atoms with Crippen LogP contribution in [-0.2, 0) is 19.2 Å². The Labute approximate surface area is 265 Å². The lowest BCUT2D eigenvalue weighted by atomic mass is 9.63. The zero-order valence-electron chi connectivity index (χ0n) is 25.7. The van der Waals surface area contributed by atoms with Crippen LogP contribution < -0.4 is 9.64 Å². The molecular formula is C35H36BrN3O5. The smallest absolute Gasteiger partial charge is 0.287 e. The Hall–Kier alpha value is -3.85. The maximum absolute atomic E-state index is 14.1. The van der Waals surface area contributed by atoms with E-state index in [4.69, 9.17) is 4.74 Å². The Bertz CT molecular complexity index is 1630. The number of Topliss-reactive ketones (excluding diaryl/α,β-unsaturated/α-hetero) is 2. The summed E-state index contributed by atoms with van der Waals surface area (Å²) in [5.74, 6) is -0.831. The molecule has 0 aromatic heterocycles. The van der Waals surface area contributed by atoms with Gasteiger partial charge in [0.1, 0.15) is 5.75 Å². The summed E-state index contributed by atoms with van der Waals surface area (Å²) in [5.41, 5.74) is 5.17. The van der Waals surface area contributed by atoms with Gasteiger partial charge in [-0.05, 0) is 72.6 Å². The van der Waals surface area contributed by atoms with E-state index < -0.39 is 11.8 Å². The van der Waals surface area contributed by atoms with Gasteiger partial charge in [-0.1, -0.05) is 55.8 Å². The molecule has 2 aromatic rings. The lowest BCUT2D eigenvalue weighted by Gasteiger charge is -2.49. The van der Waals surface area contributed by atoms with E-state index in [1.165, 1.54) is 0 Å². The van der Waals surface area contributed by atoms with Crippen molar-refractivity contribution in [3.05, 3.63) is 81.1 Å². The highest BCUT2D eigenvalue weighted by molar-refractivity contribution is 9.10. The molecule has 44 heavy (non-hydrogen) atoms. The summed E-state index contributed by atoms with van der Waals surface area (Å²) < 4.78 is 6.68. The molecule has 2 heterocycles. The Morgan fingerprint density at radius 3 is 1.91 bits per heavy atom. The number of benzene rings is 2. The number of carbonyl (C=O) groups is 4. The van der Waals surface area contributed by atoms with Gasteiger partial charge < -0.3 is 9.64 Å². The monoisotopic (exact) mass is 657 g/mol. The van der Waals surface area contributed by atoms with E-state index in [-0.39, 0.29) is 41.3 Å². The number of ketones is 2. The molecule has 9 heteroatoms. The van der Waals surface area contributed by atoms with E-state index in [0.717, 1.165) is 32.1 Å². The summed E-state index contributed by atoms with van der Waals surface area (Å²) in [5, 5.41) is 4.85. The largest absolute Gasteiger partial charge is 0.484 e. The normalized spacial score (nSPS) is 21.4. The van der Waals surface area contributed by atoms with Gasteiger partial charge in [-0.15, -0.1) is 0 Å². The molecule has 2 aromatic carbocycles. The van der Waals surface area contributed by atoms with Crippen molar-refractivity contribution < 1.29 is 23.9 Å². The average molecular weight is 659 g/mol. The summed E-state index contributed by atoms with van der Waals surface area (Å²) in [4.78, 5) is 54.8. The Kier molecular flexibility index (Phi) is 7.51. The third kappa shape index (κ3) is 5.58. The molecule has 2 aliphatic carbocycles. The molecule has 228 valence electrons. The number of imide groups is 1. The summed E-state index contributed by atoms with van der Waals surface area (Å²) in [6.45, 7) is 9.86. The third-order valence-electron chi connectivity index (χ3n) is 8.72. The fraction of sp³-hybridized carbons (Fsp3) is 0.400. The van der Waals surface area contributed by atoms with Crippen molar-refractivity contribution in [2.45, 2.75) is 72.6 Å². The van der Waals surface area contributed by atoms with E-state index in [2.05, 4.69) is 53.6 Å². The van der Waals surface area contributed by atoms with E-state index in [1.54, 1.807) is 19.1 Å². The summed E-state index contributed by atoms with van der Waals surface area (Å²) in [6.07, 6.45) is 2.33. The second-order valence-electron chi connectivity index (χ2n) is 13.8. The third-order valence-corrected chi connectivity index (χ3v) is 9.25. The Morgan fingerprint density at radius 2 is 1.41 bits per heavy atom. The highest BCUT2D eigenvalue weighted by Gasteiger charge is 2.49. The fourth-order valence-corrected chi connectivity index (χ4v) is 7.18. The number of halogens is 1. The maximum atomic E-state index is 14.1. The van der Waals surface area contributed by atoms with Gasteiger partial charge in [-0.3, -0.25) is 19.2 Å². The number of rotatable bonds is 5. The molecule has 0 saturated carbocycles. The van der Waals surface area contributed by atoms with Crippen molar-refractivity contribution in [1.82, 2.24) is 5.01 Å². The molecule has 0 fully saturated rings. The van der Waals surface area contributed by atoms with Crippen molar-refractivity contribution in [2.24, 2.45) is 15.9 Å². The number of hydrogen-bond donors (Lipinski definition) is 0. The molecule has 4 aliphatic rings. The first kappa shape index (κ1) is 30.2. The predicted octanol–water partition coefficient (Wildman–Crippen LogP) is 6.85. The minimum absolute atomic E-state index is 0.0598. The van der Waals surface area contributed by atoms with Crippen molar-refractivity contribution in [1.29, 1.82) is 0 Å². The van der Waals surface area contributed by atoms with Crippen LogP contribution in [0.15, 0.2) is 80.6 Å². The van der Waals surface area contributed by atoms with Crippen LogP contribution in [-0.4, -0.2) is 40.7 Å². The van der Waals surface area contributed by atoms with Gasteiger partial charge in [-0.25, -0.2) is 0 Å². The van der Waals surface area contributed by atoms with Crippen LogP contribution in [0.5, 0.6) is 5.75 Å². The van der Waals surface area contributed by atoms with E-state index >= 15 is 0 Å². The van der Waals surface area contributed by atoms with Gasteiger partial charge in [0.15, 0.2) is 18.2 Å². The van der Waals surface area contributed by atoms with Gasteiger partial charge in [0, 0.05) is 57.2 Å². The van der Waals surface area contributed by atoms with Crippen molar-refractivity contribution >= 4 is 50.7 Å². The fourth-order valence-electron chi connectivity index (χ4n) is 6.91. The number of nitrogens with zero attached hydrogens (tertiary/aromatic N) is 3. The Balaban J connectivity index is 1.41. The summed E-state index contributed by atoms with van der Waals surface area (Å²) >= 11 is 3.55. The minimum Gasteiger partial charge on any atom is -0.484 e. The van der Waals surface area contributed by atoms with Crippen LogP contribution in [0.4, 0.5) is 5.69 Å². The zero-order chi connectivity index (χ0) is 31.6. The highest BCUT2D eigenvalue weighted by Crippen LogP contribution is 2.55. The molecule has 2 aliphatic heterocycles. The van der Waals surface area contributed by atoms with Crippen LogP contribution in [0.2, 0.25) is 0 Å². The SMILES string of the molecule is CC1=NN(C(=O)COc2ccc(C3C4=C(CC(C)(C)CC4=O)N(c4ccc(Br)cc4)C4=C3C(=O)CC(C)(C)C4)cc2)C(=O)C1. The van der Waals surface area contributed by atoms with E-state index in [0.29, 0.717) is 48.3 Å². The molecule has 2 amide bonds. The Morgan fingerprint density at radius 1 is 0.864 bits per heavy atom. The number of amides is 2. The molecular weight excluding hydrogens is 622 g/mol. The standard InChI is InChI=1S/C35H36BrN3O5/c1-20-14-29(42)39(37-20)30(43)19-44-24-12-6-21(7-13-24)31-32-25(15-34(2,3)17-27(32)40)38(23-10-8-22(36)9-11-23)26-16-35(4,5)18-28(41)33(26)31/h6-13,31H,14-19H2,1-5H3. The van der Waals surface area contributed by atoms with E-state index in [9.17, 15) is 19.2 Å². The van der Waals surface area contributed by atoms with Gasteiger partial charge in [0.2, 0.25) is 0 Å². The van der Waals surface area contributed by atoms with Crippen molar-refractivity contribution in [3.8, 4) is 5.75 Å². The number of anilines is 1. The quantitative estimate of drug-likeness (QED) is 0.349. The highest BCUT2D eigenvalue weighted by atomic mass is 79.9. The molecule has 0 saturated heterocycles. The lowest BCUT2D eigenvalue weighted by Crippen LogP contribution is -2.44. The lowest BCUT2D eigenvalue weighted by molar-refractivity contribution is -0.144. The van der Waals surface area contributed by atoms with Crippen LogP contribution in [0.25, 0.3) is 0 Å². The van der Waals surface area contributed by atoms with Crippen LogP contribution in [0.1, 0.15) is 78.2 Å². The van der Waals surface area contributed by atoms with Crippen molar-refractivity contribution in [3.63, 3.8) is 0 Å². The molecule has 0 bridgehead atoms. The molecule has 8 nitrogen and oxygen atoms in total. The maximum Gasteiger partial charge on any atom is 0.287 e. The van der Waals surface area contributed by atoms with Gasteiger partial charge >= 0.3 is 0 Å². The number of carbonyl (C=O) groups excluding carboxylic acids is 4. The number of allylic oxidation sites excluding steroid dienone is 4. The second-order valence-corrected chi connectivity index (χ2v) is 14.7. The predicted molar refractivity (Wildman–Crippen MR) is 171 cm³/mol.